The minimum atomic E-state index is -3.87. The van der Waals surface area contributed by atoms with Gasteiger partial charge in [-0.05, 0) is 61.5 Å². The van der Waals surface area contributed by atoms with E-state index in [1.165, 1.54) is 22.5 Å². The minimum absolute atomic E-state index is 0.0295. The Balaban J connectivity index is 1.64. The number of para-hydroxylation sites is 1. The highest BCUT2D eigenvalue weighted by Gasteiger charge is 2.32. The third-order valence-corrected chi connectivity index (χ3v) is 7.93. The lowest BCUT2D eigenvalue weighted by Gasteiger charge is -2.19. The van der Waals surface area contributed by atoms with Crippen molar-refractivity contribution in [3.63, 3.8) is 0 Å². The van der Waals surface area contributed by atoms with E-state index >= 15 is 0 Å². The van der Waals surface area contributed by atoms with Gasteiger partial charge in [0, 0.05) is 13.1 Å². The number of benzene rings is 1. The number of phenolic OH excluding ortho intramolecular Hbond substituents is 1. The maximum absolute atomic E-state index is 13.0. The maximum Gasteiger partial charge on any atom is 0.324 e. The number of furan rings is 1. The molecule has 0 aliphatic carbocycles. The van der Waals surface area contributed by atoms with Crippen LogP contribution < -0.4 is 15.5 Å². The Bertz CT molecular complexity index is 1260. The number of aryl methyl sites for hydroxylation is 2. The van der Waals surface area contributed by atoms with Gasteiger partial charge in [0.2, 0.25) is 10.0 Å². The van der Waals surface area contributed by atoms with Crippen molar-refractivity contribution in [2.75, 3.05) is 23.7 Å². The van der Waals surface area contributed by atoms with Crippen molar-refractivity contribution in [2.45, 2.75) is 51.5 Å². The Morgan fingerprint density at radius 1 is 1.24 bits per heavy atom. The van der Waals surface area contributed by atoms with E-state index in [4.69, 9.17) is 9.05 Å². The van der Waals surface area contributed by atoms with Gasteiger partial charge in [0.1, 0.15) is 22.1 Å². The molecule has 3 aromatic rings. The number of nitrogens with zero attached hydrogens (tertiary/aromatic N) is 3. The Morgan fingerprint density at radius 2 is 1.94 bits per heavy atom. The van der Waals surface area contributed by atoms with Gasteiger partial charge in [0.25, 0.3) is 5.82 Å². The van der Waals surface area contributed by atoms with E-state index in [2.05, 4.69) is 15.8 Å². The largest absolute Gasteiger partial charge is 0.503 e. The van der Waals surface area contributed by atoms with Crippen molar-refractivity contribution >= 4 is 27.3 Å². The van der Waals surface area contributed by atoms with E-state index < -0.39 is 15.8 Å². The van der Waals surface area contributed by atoms with Crippen LogP contribution in [0.3, 0.4) is 0 Å². The van der Waals surface area contributed by atoms with E-state index in [0.717, 1.165) is 24.2 Å². The topological polar surface area (TPSA) is 148 Å². The molecule has 1 atom stereocenters. The van der Waals surface area contributed by atoms with Gasteiger partial charge in [0.05, 0.1) is 6.04 Å². The van der Waals surface area contributed by atoms with E-state index in [9.17, 15) is 18.7 Å². The molecular formula is C22H29N5O6S. The maximum atomic E-state index is 13.0. The normalized spacial score (nSPS) is 15.7. The molecule has 2 aromatic heterocycles. The first-order valence-corrected chi connectivity index (χ1v) is 12.6. The van der Waals surface area contributed by atoms with Crippen LogP contribution in [0.2, 0.25) is 0 Å². The van der Waals surface area contributed by atoms with E-state index in [1.807, 2.05) is 33.8 Å². The van der Waals surface area contributed by atoms with Crippen LogP contribution in [0.5, 0.6) is 5.75 Å². The number of aromatic hydroxyl groups is 1. The Hall–Kier alpha value is -3.25. The zero-order chi connectivity index (χ0) is 24.6. The van der Waals surface area contributed by atoms with E-state index in [-0.39, 0.29) is 39.1 Å². The summed E-state index contributed by atoms with van der Waals surface area (Å²) in [7, 11) is -3.87. The lowest BCUT2D eigenvalue weighted by Crippen LogP contribution is -2.28. The molecule has 1 aromatic carbocycles. The molecule has 1 aliphatic heterocycles. The standard InChI is InChI=1S/C22H29N5O6S/c1-13(2)19(17-12-14(3)15(4)32-17)24-21-22(27(29)33-25-21)23-16-8-7-9-18(20(16)28)34(30,31)26-10-5-6-11-26/h7-9,12-13,19,23,28H,5-6,10-11H2,1-4H3,(H,24,25)/t19-/m1/s1. The fraction of sp³-hybridized carbons (Fsp3) is 0.455. The highest BCUT2D eigenvalue weighted by atomic mass is 32.2. The van der Waals surface area contributed by atoms with Crippen LogP contribution in [-0.4, -0.2) is 36.1 Å². The van der Waals surface area contributed by atoms with Crippen LogP contribution in [0, 0.1) is 25.0 Å². The quantitative estimate of drug-likeness (QED) is 0.318. The summed E-state index contributed by atoms with van der Waals surface area (Å²) in [5.41, 5.74) is 1.03. The Kier molecular flexibility index (Phi) is 6.45. The smallest absolute Gasteiger partial charge is 0.324 e. The van der Waals surface area contributed by atoms with Gasteiger partial charge in [0.15, 0.2) is 5.75 Å². The van der Waals surface area contributed by atoms with Crippen LogP contribution in [0.25, 0.3) is 0 Å². The molecule has 11 nitrogen and oxygen atoms in total. The fourth-order valence-electron chi connectivity index (χ4n) is 3.94. The Morgan fingerprint density at radius 3 is 2.56 bits per heavy atom. The second-order valence-electron chi connectivity index (χ2n) is 8.77. The van der Waals surface area contributed by atoms with Gasteiger partial charge in [-0.1, -0.05) is 24.8 Å². The number of anilines is 3. The summed E-state index contributed by atoms with van der Waals surface area (Å²) in [4.78, 5) is -0.0798. The first-order valence-electron chi connectivity index (χ1n) is 11.1. The molecule has 0 radical (unpaired) electrons. The molecule has 1 fully saturated rings. The predicted molar refractivity (Wildman–Crippen MR) is 124 cm³/mol. The number of hydrogen-bond donors (Lipinski definition) is 3. The van der Waals surface area contributed by atoms with Crippen LogP contribution in [-0.2, 0) is 10.0 Å². The average Bonchev–Trinajstić information content (AvgIpc) is 3.51. The zero-order valence-corrected chi connectivity index (χ0v) is 20.3. The number of rotatable bonds is 8. The minimum Gasteiger partial charge on any atom is -0.503 e. The SMILES string of the molecule is Cc1cc([C@H](Nc2no[n+]([O-])c2Nc2cccc(S(=O)(=O)N3CCCC3)c2O)C(C)C)oc1C. The average molecular weight is 492 g/mol. The van der Waals surface area contributed by atoms with Crippen LogP contribution in [0.4, 0.5) is 17.3 Å². The molecule has 0 unspecified atom stereocenters. The van der Waals surface area contributed by atoms with Gasteiger partial charge in [-0.25, -0.2) is 8.42 Å². The molecule has 184 valence electrons. The number of sulfonamides is 1. The van der Waals surface area contributed by atoms with Crippen LogP contribution in [0.1, 0.15) is 49.8 Å². The molecule has 0 saturated carbocycles. The summed E-state index contributed by atoms with van der Waals surface area (Å²) in [5, 5.41) is 32.9. The van der Waals surface area contributed by atoms with Crippen molar-refractivity contribution in [3.8, 4) is 5.75 Å². The Labute approximate surface area is 197 Å². The molecule has 0 spiro atoms. The number of hydrogen-bond acceptors (Lipinski definition) is 9. The molecule has 1 aliphatic rings. The number of phenols is 1. The molecule has 34 heavy (non-hydrogen) atoms. The van der Waals surface area contributed by atoms with Gasteiger partial charge >= 0.3 is 5.82 Å². The highest BCUT2D eigenvalue weighted by molar-refractivity contribution is 7.89. The third-order valence-electron chi connectivity index (χ3n) is 6.00. The summed E-state index contributed by atoms with van der Waals surface area (Å²) in [6, 6.07) is 5.89. The zero-order valence-electron chi connectivity index (χ0n) is 19.5. The van der Waals surface area contributed by atoms with Crippen molar-refractivity contribution < 1.29 is 27.5 Å². The molecular weight excluding hydrogens is 462 g/mol. The number of aromatic nitrogens is 2. The summed E-state index contributed by atoms with van der Waals surface area (Å²) in [5.74, 6) is 1.01. The lowest BCUT2D eigenvalue weighted by atomic mass is 10.0. The second kappa shape index (κ2) is 9.18. The van der Waals surface area contributed by atoms with Crippen molar-refractivity contribution in [3.05, 3.63) is 46.6 Å². The predicted octanol–water partition coefficient (Wildman–Crippen LogP) is 3.56. The van der Waals surface area contributed by atoms with E-state index in [0.29, 0.717) is 18.8 Å². The van der Waals surface area contributed by atoms with Gasteiger partial charge < -0.3 is 24.7 Å². The molecule has 1 saturated heterocycles. The lowest BCUT2D eigenvalue weighted by molar-refractivity contribution is -0.790. The van der Waals surface area contributed by atoms with Crippen LogP contribution in [0.15, 0.2) is 38.2 Å². The summed E-state index contributed by atoms with van der Waals surface area (Å²) >= 11 is 0. The molecule has 3 N–H and O–H groups in total. The first kappa shape index (κ1) is 23.9. The summed E-state index contributed by atoms with van der Waals surface area (Å²) < 4.78 is 37.9. The van der Waals surface area contributed by atoms with Gasteiger partial charge in [-0.3, -0.25) is 5.32 Å². The first-order chi connectivity index (χ1) is 16.1. The van der Waals surface area contributed by atoms with Crippen LogP contribution >= 0.6 is 0 Å². The van der Waals surface area contributed by atoms with Crippen molar-refractivity contribution in [2.24, 2.45) is 5.92 Å². The molecule has 3 heterocycles. The molecule has 0 bridgehead atoms. The van der Waals surface area contributed by atoms with Gasteiger partial charge in [-0.15, -0.1) is 0 Å². The third kappa shape index (κ3) is 4.42. The summed E-state index contributed by atoms with van der Waals surface area (Å²) in [6.07, 6.45) is 1.55. The molecule has 12 heteroatoms. The highest BCUT2D eigenvalue weighted by Crippen LogP contribution is 2.37. The number of nitrogens with one attached hydrogen (secondary N) is 2. The summed E-state index contributed by atoms with van der Waals surface area (Å²) in [6.45, 7) is 8.60. The fourth-order valence-corrected chi connectivity index (χ4v) is 5.57. The monoisotopic (exact) mass is 491 g/mol. The molecule has 0 amide bonds. The van der Waals surface area contributed by atoms with E-state index in [1.54, 1.807) is 0 Å². The van der Waals surface area contributed by atoms with Crippen molar-refractivity contribution in [1.82, 2.24) is 9.46 Å². The van der Waals surface area contributed by atoms with Gasteiger partial charge in [-0.2, -0.15) is 4.31 Å². The van der Waals surface area contributed by atoms with Crippen molar-refractivity contribution in [1.29, 1.82) is 0 Å². The molecule has 4 rings (SSSR count). The second-order valence-corrected chi connectivity index (χ2v) is 10.7.